The van der Waals surface area contributed by atoms with Crippen molar-refractivity contribution in [2.24, 2.45) is 0 Å². The summed E-state index contributed by atoms with van der Waals surface area (Å²) in [7, 11) is 1.59. The van der Waals surface area contributed by atoms with E-state index in [-0.39, 0.29) is 11.0 Å². The van der Waals surface area contributed by atoms with Crippen LogP contribution in [0.25, 0.3) is 0 Å². The molecule has 0 aliphatic rings. The van der Waals surface area contributed by atoms with E-state index in [0.717, 1.165) is 5.56 Å². The van der Waals surface area contributed by atoms with Crippen LogP contribution in [-0.4, -0.2) is 37.3 Å². The third-order valence-corrected chi connectivity index (χ3v) is 3.71. The van der Waals surface area contributed by atoms with Gasteiger partial charge in [-0.2, -0.15) is 0 Å². The predicted octanol–water partition coefficient (Wildman–Crippen LogP) is 1.97. The number of methoxy groups -OCH3 is 1. The SMILES string of the molecule is COCCOc1ccc(C(=O)NC(=S)NNC(=O)c2ccc(C)cc2)cc1. The first kappa shape index (κ1) is 20.3. The number of hydrogen-bond acceptors (Lipinski definition) is 5. The van der Waals surface area contributed by atoms with E-state index in [1.807, 2.05) is 19.1 Å². The smallest absolute Gasteiger partial charge is 0.269 e. The van der Waals surface area contributed by atoms with E-state index in [4.69, 9.17) is 21.7 Å². The summed E-state index contributed by atoms with van der Waals surface area (Å²) < 4.78 is 10.3. The highest BCUT2D eigenvalue weighted by Crippen LogP contribution is 2.12. The topological polar surface area (TPSA) is 88.7 Å². The van der Waals surface area contributed by atoms with Gasteiger partial charge in [0.2, 0.25) is 0 Å². The van der Waals surface area contributed by atoms with Crippen LogP contribution in [0.2, 0.25) is 0 Å². The summed E-state index contributed by atoms with van der Waals surface area (Å²) in [5.41, 5.74) is 6.88. The maximum atomic E-state index is 12.2. The second-order valence-electron chi connectivity index (χ2n) is 5.59. The van der Waals surface area contributed by atoms with Gasteiger partial charge in [-0.05, 0) is 55.5 Å². The Morgan fingerprint density at radius 1 is 0.889 bits per heavy atom. The lowest BCUT2D eigenvalue weighted by Crippen LogP contribution is -2.48. The average Bonchev–Trinajstić information content (AvgIpc) is 2.67. The van der Waals surface area contributed by atoms with Crippen LogP contribution >= 0.6 is 12.2 Å². The molecule has 0 bridgehead atoms. The normalized spacial score (nSPS) is 10.0. The van der Waals surface area contributed by atoms with E-state index in [0.29, 0.717) is 30.1 Å². The van der Waals surface area contributed by atoms with Gasteiger partial charge in [-0.1, -0.05) is 17.7 Å². The lowest BCUT2D eigenvalue weighted by molar-refractivity contribution is 0.0934. The Balaban J connectivity index is 1.80. The molecule has 0 aliphatic carbocycles. The van der Waals surface area contributed by atoms with E-state index in [1.54, 1.807) is 43.5 Å². The monoisotopic (exact) mass is 387 g/mol. The summed E-state index contributed by atoms with van der Waals surface area (Å²) in [6.45, 7) is 2.84. The Hall–Kier alpha value is -2.97. The number of benzene rings is 2. The number of thiocarbonyl (C=S) groups is 1. The van der Waals surface area contributed by atoms with Gasteiger partial charge in [0, 0.05) is 18.2 Å². The second kappa shape index (κ2) is 10.2. The van der Waals surface area contributed by atoms with Crippen LogP contribution in [0.4, 0.5) is 0 Å². The maximum absolute atomic E-state index is 12.2. The predicted molar refractivity (Wildman–Crippen MR) is 106 cm³/mol. The minimum absolute atomic E-state index is 0.0131. The van der Waals surface area contributed by atoms with Crippen LogP contribution in [0.1, 0.15) is 26.3 Å². The van der Waals surface area contributed by atoms with Crippen molar-refractivity contribution in [3.63, 3.8) is 0 Å². The van der Waals surface area contributed by atoms with E-state index < -0.39 is 5.91 Å². The quantitative estimate of drug-likeness (QED) is 0.399. The van der Waals surface area contributed by atoms with Crippen LogP contribution in [0.5, 0.6) is 5.75 Å². The van der Waals surface area contributed by atoms with E-state index in [9.17, 15) is 9.59 Å². The molecule has 8 heteroatoms. The first-order valence-electron chi connectivity index (χ1n) is 8.19. The van der Waals surface area contributed by atoms with Crippen molar-refractivity contribution < 1.29 is 19.1 Å². The summed E-state index contributed by atoms with van der Waals surface area (Å²) in [5, 5.41) is 2.48. The Kier molecular flexibility index (Phi) is 7.72. The average molecular weight is 387 g/mol. The van der Waals surface area contributed by atoms with Crippen LogP contribution in [0, 0.1) is 6.92 Å². The highest BCUT2D eigenvalue weighted by Gasteiger charge is 2.10. The zero-order valence-corrected chi connectivity index (χ0v) is 15.9. The third kappa shape index (κ3) is 6.69. The molecule has 0 radical (unpaired) electrons. The number of aryl methyl sites for hydroxylation is 1. The van der Waals surface area contributed by atoms with Gasteiger partial charge in [0.15, 0.2) is 5.11 Å². The lowest BCUT2D eigenvalue weighted by Gasteiger charge is -2.11. The number of amides is 2. The Morgan fingerprint density at radius 3 is 2.11 bits per heavy atom. The first-order valence-corrected chi connectivity index (χ1v) is 8.60. The van der Waals surface area contributed by atoms with Crippen molar-refractivity contribution in [3.05, 3.63) is 65.2 Å². The number of rotatable bonds is 6. The molecule has 0 unspecified atom stereocenters. The highest BCUT2D eigenvalue weighted by atomic mass is 32.1. The van der Waals surface area contributed by atoms with Gasteiger partial charge in [0.25, 0.3) is 11.8 Å². The molecule has 2 amide bonds. The fraction of sp³-hybridized carbons (Fsp3) is 0.211. The number of hydrazine groups is 1. The molecule has 0 saturated heterocycles. The molecule has 0 heterocycles. The lowest BCUT2D eigenvalue weighted by atomic mass is 10.1. The first-order chi connectivity index (χ1) is 13.0. The summed E-state index contributed by atoms with van der Waals surface area (Å²) >= 11 is 5.02. The van der Waals surface area contributed by atoms with Gasteiger partial charge in [0.05, 0.1) is 6.61 Å². The molecule has 2 rings (SSSR count). The standard InChI is InChI=1S/C19H21N3O4S/c1-13-3-5-15(6-4-13)18(24)21-22-19(27)20-17(23)14-7-9-16(10-8-14)26-12-11-25-2/h3-10H,11-12H2,1-2H3,(H,21,24)(H2,20,22,23,27). The van der Waals surface area contributed by atoms with Crippen LogP contribution in [0.3, 0.4) is 0 Å². The number of nitrogens with one attached hydrogen (secondary N) is 3. The summed E-state index contributed by atoms with van der Waals surface area (Å²) in [4.78, 5) is 24.2. The third-order valence-electron chi connectivity index (χ3n) is 3.50. The van der Waals surface area contributed by atoms with Gasteiger partial charge < -0.3 is 9.47 Å². The fourth-order valence-electron chi connectivity index (χ4n) is 2.04. The molecular weight excluding hydrogens is 366 g/mol. The molecule has 0 aliphatic heterocycles. The van der Waals surface area contributed by atoms with Crippen molar-refractivity contribution in [3.8, 4) is 5.75 Å². The highest BCUT2D eigenvalue weighted by molar-refractivity contribution is 7.80. The number of hydrogen-bond donors (Lipinski definition) is 3. The molecule has 7 nitrogen and oxygen atoms in total. The van der Waals surface area contributed by atoms with E-state index in [2.05, 4.69) is 16.2 Å². The molecule has 0 fully saturated rings. The largest absolute Gasteiger partial charge is 0.491 e. The Morgan fingerprint density at radius 2 is 1.48 bits per heavy atom. The summed E-state index contributed by atoms with van der Waals surface area (Å²) in [6.07, 6.45) is 0. The van der Waals surface area contributed by atoms with Crippen molar-refractivity contribution in [2.45, 2.75) is 6.92 Å². The molecule has 0 atom stereocenters. The minimum Gasteiger partial charge on any atom is -0.491 e. The number of carbonyl (C=O) groups excluding carboxylic acids is 2. The van der Waals surface area contributed by atoms with Crippen LogP contribution in [-0.2, 0) is 4.74 Å². The molecule has 142 valence electrons. The van der Waals surface area contributed by atoms with Gasteiger partial charge in [-0.15, -0.1) is 0 Å². The van der Waals surface area contributed by atoms with E-state index in [1.165, 1.54) is 0 Å². The van der Waals surface area contributed by atoms with Gasteiger partial charge >= 0.3 is 0 Å². The Labute approximate surface area is 163 Å². The minimum atomic E-state index is -0.402. The zero-order chi connectivity index (χ0) is 19.6. The molecule has 0 aromatic heterocycles. The van der Waals surface area contributed by atoms with Crippen LogP contribution < -0.4 is 20.9 Å². The summed E-state index contributed by atoms with van der Waals surface area (Å²) in [5.74, 6) is -0.126. The fourth-order valence-corrected chi connectivity index (χ4v) is 2.19. The number of ether oxygens (including phenoxy) is 2. The molecule has 3 N–H and O–H groups in total. The molecule has 2 aromatic rings. The van der Waals surface area contributed by atoms with Gasteiger partial charge in [-0.3, -0.25) is 25.8 Å². The Bertz CT molecular complexity index is 792. The zero-order valence-electron chi connectivity index (χ0n) is 15.1. The van der Waals surface area contributed by atoms with Gasteiger partial charge in [0.1, 0.15) is 12.4 Å². The molecular formula is C19H21N3O4S. The van der Waals surface area contributed by atoms with Crippen molar-refractivity contribution in [1.29, 1.82) is 0 Å². The van der Waals surface area contributed by atoms with Crippen molar-refractivity contribution in [2.75, 3.05) is 20.3 Å². The van der Waals surface area contributed by atoms with E-state index >= 15 is 0 Å². The van der Waals surface area contributed by atoms with Crippen molar-refractivity contribution in [1.82, 2.24) is 16.2 Å². The second-order valence-corrected chi connectivity index (χ2v) is 6.00. The number of carbonyl (C=O) groups is 2. The molecule has 2 aromatic carbocycles. The van der Waals surface area contributed by atoms with Crippen molar-refractivity contribution >= 4 is 29.1 Å². The van der Waals surface area contributed by atoms with Gasteiger partial charge in [-0.25, -0.2) is 0 Å². The molecule has 0 saturated carbocycles. The maximum Gasteiger partial charge on any atom is 0.269 e. The summed E-state index contributed by atoms with van der Waals surface area (Å²) in [6, 6.07) is 13.7. The molecule has 27 heavy (non-hydrogen) atoms. The van der Waals surface area contributed by atoms with Crippen LogP contribution in [0.15, 0.2) is 48.5 Å². The molecule has 0 spiro atoms.